The Morgan fingerprint density at radius 2 is 1.94 bits per heavy atom. The summed E-state index contributed by atoms with van der Waals surface area (Å²) >= 11 is 7.54. The molecule has 0 aliphatic carbocycles. The van der Waals surface area contributed by atoms with Crippen molar-refractivity contribution in [2.45, 2.75) is 37.9 Å². The summed E-state index contributed by atoms with van der Waals surface area (Å²) in [6.45, 7) is 5.55. The molecular weight excluding hydrogens is 476 g/mol. The summed E-state index contributed by atoms with van der Waals surface area (Å²) in [7, 11) is -3.96. The van der Waals surface area contributed by atoms with Gasteiger partial charge in [-0.25, -0.2) is 18.1 Å². The molecule has 2 atom stereocenters. The van der Waals surface area contributed by atoms with Crippen molar-refractivity contribution >= 4 is 49.1 Å². The molecule has 12 heteroatoms. The molecule has 1 aliphatic rings. The van der Waals surface area contributed by atoms with Gasteiger partial charge in [0.15, 0.2) is 0 Å². The van der Waals surface area contributed by atoms with E-state index in [1.165, 1.54) is 33.8 Å². The molecule has 2 aromatic heterocycles. The first kappa shape index (κ1) is 22.9. The van der Waals surface area contributed by atoms with Gasteiger partial charge in [-0.1, -0.05) is 11.6 Å². The fourth-order valence-electron chi connectivity index (χ4n) is 3.62. The smallest absolute Gasteiger partial charge is 0.281 e. The highest BCUT2D eigenvalue weighted by atomic mass is 35.5. The Labute approximate surface area is 193 Å². The number of carbonyl (C=O) groups is 1. The molecule has 1 fully saturated rings. The van der Waals surface area contributed by atoms with Crippen LogP contribution in [0.25, 0.3) is 10.2 Å². The number of amides is 1. The fraction of sp³-hybridized carbons (Fsp3) is 0.350. The number of halogens is 1. The standard InChI is InChI=1S/C20H21ClN4O5S2/c1-11-9-24(10-12(2)30-11)32(28,29)17-8-14(4-5-16(17)21)18(26)23-25-13(3)22-19-15(20(25)27)6-7-31-19/h4-8,11-12H,9-10H2,1-3H3,(H,23,26). The van der Waals surface area contributed by atoms with E-state index in [2.05, 4.69) is 10.4 Å². The van der Waals surface area contributed by atoms with Gasteiger partial charge in [0, 0.05) is 18.7 Å². The number of thiophene rings is 1. The van der Waals surface area contributed by atoms with E-state index in [9.17, 15) is 18.0 Å². The fourth-order valence-corrected chi connectivity index (χ4v) is 6.51. The van der Waals surface area contributed by atoms with E-state index in [0.717, 1.165) is 4.68 Å². The third-order valence-electron chi connectivity index (χ3n) is 5.08. The van der Waals surface area contributed by atoms with Crippen LogP contribution < -0.4 is 11.0 Å². The van der Waals surface area contributed by atoms with Crippen LogP contribution in [0.1, 0.15) is 30.0 Å². The molecule has 3 aromatic rings. The van der Waals surface area contributed by atoms with Gasteiger partial charge in [0.05, 0.1) is 22.6 Å². The van der Waals surface area contributed by atoms with E-state index in [-0.39, 0.29) is 40.8 Å². The second-order valence-electron chi connectivity index (χ2n) is 7.60. The van der Waals surface area contributed by atoms with Gasteiger partial charge >= 0.3 is 0 Å². The van der Waals surface area contributed by atoms with Crippen LogP contribution >= 0.6 is 22.9 Å². The molecule has 0 spiro atoms. The number of carbonyl (C=O) groups excluding carboxylic acids is 1. The molecular formula is C20H21ClN4O5S2. The molecule has 1 saturated heterocycles. The summed E-state index contributed by atoms with van der Waals surface area (Å²) in [5.41, 5.74) is 2.13. The maximum Gasteiger partial charge on any atom is 0.281 e. The van der Waals surface area contributed by atoms with Crippen molar-refractivity contribution in [1.29, 1.82) is 0 Å². The first-order valence-corrected chi connectivity index (χ1v) is 12.5. The van der Waals surface area contributed by atoms with Gasteiger partial charge in [-0.15, -0.1) is 11.3 Å². The first-order chi connectivity index (χ1) is 15.1. The van der Waals surface area contributed by atoms with Crippen molar-refractivity contribution < 1.29 is 17.9 Å². The lowest BCUT2D eigenvalue weighted by Crippen LogP contribution is -2.48. The third-order valence-corrected chi connectivity index (χ3v) is 8.20. The van der Waals surface area contributed by atoms with Crippen LogP contribution in [0.4, 0.5) is 0 Å². The summed E-state index contributed by atoms with van der Waals surface area (Å²) in [5, 5.41) is 2.13. The van der Waals surface area contributed by atoms with Crippen molar-refractivity contribution in [3.63, 3.8) is 0 Å². The molecule has 1 N–H and O–H groups in total. The number of nitrogens with zero attached hydrogens (tertiary/aromatic N) is 3. The van der Waals surface area contributed by atoms with Gasteiger partial charge in [0.1, 0.15) is 15.6 Å². The number of morpholine rings is 1. The van der Waals surface area contributed by atoms with Gasteiger partial charge in [0.2, 0.25) is 10.0 Å². The highest BCUT2D eigenvalue weighted by Gasteiger charge is 2.34. The number of fused-ring (bicyclic) bond motifs is 1. The molecule has 0 radical (unpaired) electrons. The maximum atomic E-state index is 13.2. The molecule has 2 unspecified atom stereocenters. The van der Waals surface area contributed by atoms with Crippen LogP contribution in [0.15, 0.2) is 39.3 Å². The lowest BCUT2D eigenvalue weighted by molar-refractivity contribution is -0.0440. The van der Waals surface area contributed by atoms with Crippen molar-refractivity contribution in [2.75, 3.05) is 18.5 Å². The van der Waals surface area contributed by atoms with Crippen LogP contribution in [0.3, 0.4) is 0 Å². The number of rotatable bonds is 4. The van der Waals surface area contributed by atoms with Crippen molar-refractivity contribution in [3.8, 4) is 0 Å². The zero-order valence-electron chi connectivity index (χ0n) is 17.5. The van der Waals surface area contributed by atoms with Gasteiger partial charge < -0.3 is 4.74 Å². The Balaban J connectivity index is 1.67. The number of hydrogen-bond donors (Lipinski definition) is 1. The minimum Gasteiger partial charge on any atom is -0.373 e. The summed E-state index contributed by atoms with van der Waals surface area (Å²) in [6.07, 6.45) is -0.540. The minimum atomic E-state index is -3.96. The van der Waals surface area contributed by atoms with E-state index < -0.39 is 21.5 Å². The van der Waals surface area contributed by atoms with Crippen molar-refractivity contribution in [2.24, 2.45) is 0 Å². The number of benzene rings is 1. The Morgan fingerprint density at radius 1 is 1.25 bits per heavy atom. The molecule has 32 heavy (non-hydrogen) atoms. The zero-order chi connectivity index (χ0) is 23.2. The Kier molecular flexibility index (Phi) is 6.12. The SMILES string of the molecule is Cc1nc2sccc2c(=O)n1NC(=O)c1ccc(Cl)c(S(=O)(=O)N2CC(C)OC(C)C2)c1. The molecule has 1 amide bonds. The van der Waals surface area contributed by atoms with E-state index in [4.69, 9.17) is 16.3 Å². The Hall–Kier alpha value is -2.31. The Bertz CT molecular complexity index is 1360. The summed E-state index contributed by atoms with van der Waals surface area (Å²) in [6, 6.07) is 5.61. The topological polar surface area (TPSA) is 111 Å². The molecule has 1 aromatic carbocycles. The van der Waals surface area contributed by atoms with E-state index >= 15 is 0 Å². The summed E-state index contributed by atoms with van der Waals surface area (Å²) in [5.74, 6) is -0.361. The van der Waals surface area contributed by atoms with Gasteiger partial charge in [-0.3, -0.25) is 15.0 Å². The summed E-state index contributed by atoms with van der Waals surface area (Å²) in [4.78, 5) is 30.3. The van der Waals surface area contributed by atoms with Crippen LogP contribution in [0.5, 0.6) is 0 Å². The van der Waals surface area contributed by atoms with Gasteiger partial charge in [-0.05, 0) is 50.4 Å². The van der Waals surface area contributed by atoms with Crippen LogP contribution in [0, 0.1) is 6.92 Å². The highest BCUT2D eigenvalue weighted by molar-refractivity contribution is 7.89. The number of nitrogens with one attached hydrogen (secondary N) is 1. The molecule has 4 rings (SSSR count). The van der Waals surface area contributed by atoms with E-state index in [0.29, 0.717) is 16.0 Å². The summed E-state index contributed by atoms with van der Waals surface area (Å²) < 4.78 is 34.5. The van der Waals surface area contributed by atoms with E-state index in [1.54, 1.807) is 32.2 Å². The second-order valence-corrected chi connectivity index (χ2v) is 10.8. The van der Waals surface area contributed by atoms with E-state index in [1.807, 2.05) is 0 Å². The predicted molar refractivity (Wildman–Crippen MR) is 123 cm³/mol. The molecule has 1 aliphatic heterocycles. The first-order valence-electron chi connectivity index (χ1n) is 9.81. The molecule has 0 saturated carbocycles. The number of hydrogen-bond acceptors (Lipinski definition) is 7. The monoisotopic (exact) mass is 496 g/mol. The predicted octanol–water partition coefficient (Wildman–Crippen LogP) is 2.60. The molecule has 0 bridgehead atoms. The van der Waals surface area contributed by atoms with Gasteiger partial charge in [0.25, 0.3) is 11.5 Å². The van der Waals surface area contributed by atoms with Crippen molar-refractivity contribution in [3.05, 3.63) is 56.4 Å². The number of sulfonamides is 1. The average molecular weight is 497 g/mol. The highest BCUT2D eigenvalue weighted by Crippen LogP contribution is 2.28. The average Bonchev–Trinajstić information content (AvgIpc) is 3.19. The number of aromatic nitrogens is 2. The molecule has 9 nitrogen and oxygen atoms in total. The van der Waals surface area contributed by atoms with Crippen molar-refractivity contribution in [1.82, 2.24) is 14.0 Å². The lowest BCUT2D eigenvalue weighted by atomic mass is 10.2. The zero-order valence-corrected chi connectivity index (χ0v) is 19.9. The minimum absolute atomic E-state index is 0.00283. The quantitative estimate of drug-likeness (QED) is 0.594. The van der Waals surface area contributed by atoms with Crippen LogP contribution in [-0.2, 0) is 14.8 Å². The van der Waals surface area contributed by atoms with Crippen LogP contribution in [-0.4, -0.2) is 53.6 Å². The third kappa shape index (κ3) is 4.18. The number of aryl methyl sites for hydroxylation is 1. The maximum absolute atomic E-state index is 13.2. The number of ether oxygens (including phenoxy) is 1. The van der Waals surface area contributed by atoms with Gasteiger partial charge in [-0.2, -0.15) is 4.31 Å². The molecule has 3 heterocycles. The second kappa shape index (κ2) is 8.56. The molecule has 170 valence electrons. The lowest BCUT2D eigenvalue weighted by Gasteiger charge is -2.34. The Morgan fingerprint density at radius 3 is 2.62 bits per heavy atom. The normalized spacial score (nSPS) is 19.9. The van der Waals surface area contributed by atoms with Crippen LogP contribution in [0.2, 0.25) is 5.02 Å². The largest absolute Gasteiger partial charge is 0.373 e.